The van der Waals surface area contributed by atoms with Gasteiger partial charge in [-0.2, -0.15) is 0 Å². The second-order valence-electron chi connectivity index (χ2n) is 5.09. The van der Waals surface area contributed by atoms with Crippen molar-refractivity contribution in [3.05, 3.63) is 41.5 Å². The first-order valence-electron chi connectivity index (χ1n) is 7.33. The van der Waals surface area contributed by atoms with Gasteiger partial charge in [0.15, 0.2) is 0 Å². The minimum Gasteiger partial charge on any atom is -0.478 e. The average molecular weight is 289 g/mol. The minimum absolute atomic E-state index is 0.0578. The molecule has 0 aliphatic carbocycles. The normalized spacial score (nSPS) is 12.3. The van der Waals surface area contributed by atoms with Gasteiger partial charge in [-0.1, -0.05) is 38.0 Å². The Hall–Kier alpha value is -2.10. The molecule has 1 rings (SSSR count). The predicted molar refractivity (Wildman–Crippen MR) is 83.8 cm³/mol. The molecule has 0 aliphatic rings. The first-order chi connectivity index (χ1) is 10.0. The Balaban J connectivity index is 2.61. The molecule has 0 spiro atoms. The van der Waals surface area contributed by atoms with E-state index in [1.807, 2.05) is 31.2 Å². The molecule has 1 atom stereocenters. The zero-order valence-corrected chi connectivity index (χ0v) is 12.6. The van der Waals surface area contributed by atoms with Gasteiger partial charge >= 0.3 is 5.97 Å². The Morgan fingerprint density at radius 2 is 2.10 bits per heavy atom. The lowest BCUT2D eigenvalue weighted by molar-refractivity contribution is -0.131. The van der Waals surface area contributed by atoms with E-state index in [9.17, 15) is 9.59 Å². The quantitative estimate of drug-likeness (QED) is 0.568. The molecule has 0 heterocycles. The molecule has 0 aliphatic heterocycles. The molecule has 1 aromatic rings. The van der Waals surface area contributed by atoms with Gasteiger partial charge in [0.1, 0.15) is 0 Å². The fourth-order valence-corrected chi connectivity index (χ4v) is 2.03. The van der Waals surface area contributed by atoms with Crippen LogP contribution in [0.25, 0.3) is 6.08 Å². The molecule has 21 heavy (non-hydrogen) atoms. The molecule has 0 fully saturated rings. The summed E-state index contributed by atoms with van der Waals surface area (Å²) in [6.45, 7) is 4.04. The topological polar surface area (TPSA) is 66.4 Å². The highest BCUT2D eigenvalue weighted by atomic mass is 16.4. The van der Waals surface area contributed by atoms with E-state index in [1.165, 1.54) is 0 Å². The molecule has 114 valence electrons. The van der Waals surface area contributed by atoms with Gasteiger partial charge in [0, 0.05) is 12.5 Å². The van der Waals surface area contributed by atoms with Crippen molar-refractivity contribution in [1.82, 2.24) is 5.32 Å². The molecule has 0 aromatic heterocycles. The lowest BCUT2D eigenvalue weighted by Gasteiger charge is -2.15. The van der Waals surface area contributed by atoms with Gasteiger partial charge in [-0.3, -0.25) is 4.79 Å². The highest BCUT2D eigenvalue weighted by Crippen LogP contribution is 2.15. The molecule has 2 N–H and O–H groups in total. The van der Waals surface area contributed by atoms with E-state index in [0.29, 0.717) is 6.42 Å². The lowest BCUT2D eigenvalue weighted by atomic mass is 10.0. The summed E-state index contributed by atoms with van der Waals surface area (Å²) < 4.78 is 0. The van der Waals surface area contributed by atoms with Gasteiger partial charge < -0.3 is 10.4 Å². The summed E-state index contributed by atoms with van der Waals surface area (Å²) in [5.74, 6) is -0.917. The molecule has 0 radical (unpaired) electrons. The molecule has 1 aromatic carbocycles. The third-order valence-corrected chi connectivity index (χ3v) is 3.21. The van der Waals surface area contributed by atoms with Crippen LogP contribution < -0.4 is 5.32 Å². The molecular weight excluding hydrogens is 266 g/mol. The van der Waals surface area contributed by atoms with E-state index in [0.717, 1.165) is 36.5 Å². The van der Waals surface area contributed by atoms with Gasteiger partial charge in [-0.15, -0.1) is 0 Å². The molecular formula is C17H23NO3. The van der Waals surface area contributed by atoms with E-state index < -0.39 is 5.97 Å². The average Bonchev–Trinajstić information content (AvgIpc) is 2.45. The number of benzene rings is 1. The number of nitrogens with one attached hydrogen (secondary N) is 1. The maximum Gasteiger partial charge on any atom is 0.328 e. The number of rotatable bonds is 8. The maximum absolute atomic E-state index is 11.8. The van der Waals surface area contributed by atoms with Crippen molar-refractivity contribution in [3.63, 3.8) is 0 Å². The largest absolute Gasteiger partial charge is 0.478 e. The fourth-order valence-electron chi connectivity index (χ4n) is 2.03. The highest BCUT2D eigenvalue weighted by Gasteiger charge is 2.09. The van der Waals surface area contributed by atoms with Gasteiger partial charge in [-0.05, 0) is 36.6 Å². The van der Waals surface area contributed by atoms with Gasteiger partial charge in [0.2, 0.25) is 5.91 Å². The lowest BCUT2D eigenvalue weighted by Crippen LogP contribution is -2.26. The van der Waals surface area contributed by atoms with E-state index in [-0.39, 0.29) is 11.9 Å². The SMILES string of the molecule is CCCCCC(=O)NC(C)c1cccc(C=CC(=O)O)c1. The second kappa shape index (κ2) is 8.95. The first-order valence-corrected chi connectivity index (χ1v) is 7.33. The number of carboxylic acid groups (broad SMARTS) is 1. The van der Waals surface area contributed by atoms with Gasteiger partial charge in [0.05, 0.1) is 6.04 Å². The van der Waals surface area contributed by atoms with Crippen LogP contribution >= 0.6 is 0 Å². The van der Waals surface area contributed by atoms with Gasteiger partial charge in [0.25, 0.3) is 0 Å². The summed E-state index contributed by atoms with van der Waals surface area (Å²) >= 11 is 0. The Kier molecular flexibility index (Phi) is 7.23. The van der Waals surface area contributed by atoms with Gasteiger partial charge in [-0.25, -0.2) is 4.79 Å². The summed E-state index contributed by atoms with van der Waals surface area (Å²) in [6, 6.07) is 7.42. The molecule has 0 saturated carbocycles. The standard InChI is InChI=1S/C17H23NO3/c1-3-4-5-9-16(19)18-13(2)15-8-6-7-14(12-15)10-11-17(20)21/h6-8,10-13H,3-5,9H2,1-2H3,(H,18,19)(H,20,21). The van der Waals surface area contributed by atoms with Crippen LogP contribution in [0.5, 0.6) is 0 Å². The van der Waals surface area contributed by atoms with Crippen LogP contribution in [0.4, 0.5) is 0 Å². The van der Waals surface area contributed by atoms with E-state index in [1.54, 1.807) is 6.08 Å². The van der Waals surface area contributed by atoms with Crippen molar-refractivity contribution in [2.75, 3.05) is 0 Å². The number of hydrogen-bond donors (Lipinski definition) is 2. The van der Waals surface area contributed by atoms with Crippen molar-refractivity contribution in [2.45, 2.75) is 45.6 Å². The van der Waals surface area contributed by atoms with Crippen LogP contribution in [0.3, 0.4) is 0 Å². The van der Waals surface area contributed by atoms with Crippen LogP contribution in [-0.4, -0.2) is 17.0 Å². The fraction of sp³-hybridized carbons (Fsp3) is 0.412. The molecule has 4 heteroatoms. The van der Waals surface area contributed by atoms with E-state index in [2.05, 4.69) is 12.2 Å². The second-order valence-corrected chi connectivity index (χ2v) is 5.09. The highest BCUT2D eigenvalue weighted by molar-refractivity contribution is 5.85. The Bertz CT molecular complexity index is 509. The van der Waals surface area contributed by atoms with Crippen LogP contribution in [0.1, 0.15) is 56.7 Å². The first kappa shape index (κ1) is 17.0. The number of amides is 1. The molecule has 0 bridgehead atoms. The summed E-state index contributed by atoms with van der Waals surface area (Å²) in [6.07, 6.45) is 6.28. The zero-order chi connectivity index (χ0) is 15.7. The predicted octanol–water partition coefficient (Wildman–Crippen LogP) is 3.54. The van der Waals surface area contributed by atoms with Crippen molar-refractivity contribution >= 4 is 18.0 Å². The van der Waals surface area contributed by atoms with E-state index in [4.69, 9.17) is 5.11 Å². The number of carbonyl (C=O) groups excluding carboxylic acids is 1. The number of unbranched alkanes of at least 4 members (excludes halogenated alkanes) is 2. The van der Waals surface area contributed by atoms with Crippen LogP contribution in [0, 0.1) is 0 Å². The number of aliphatic carboxylic acids is 1. The van der Waals surface area contributed by atoms with Crippen LogP contribution in [0.2, 0.25) is 0 Å². The summed E-state index contributed by atoms with van der Waals surface area (Å²) in [4.78, 5) is 22.3. The monoisotopic (exact) mass is 289 g/mol. The molecule has 1 amide bonds. The minimum atomic E-state index is -0.974. The van der Waals surface area contributed by atoms with E-state index >= 15 is 0 Å². The summed E-state index contributed by atoms with van der Waals surface area (Å²) in [5.41, 5.74) is 1.77. The maximum atomic E-state index is 11.8. The van der Waals surface area contributed by atoms with Crippen molar-refractivity contribution in [2.24, 2.45) is 0 Å². The molecule has 4 nitrogen and oxygen atoms in total. The Morgan fingerprint density at radius 3 is 2.76 bits per heavy atom. The summed E-state index contributed by atoms with van der Waals surface area (Å²) in [5, 5.41) is 11.6. The third-order valence-electron chi connectivity index (χ3n) is 3.21. The Labute approximate surface area is 125 Å². The van der Waals surface area contributed by atoms with Crippen molar-refractivity contribution in [1.29, 1.82) is 0 Å². The van der Waals surface area contributed by atoms with Crippen LogP contribution in [0.15, 0.2) is 30.3 Å². The summed E-state index contributed by atoms with van der Waals surface area (Å²) in [7, 11) is 0. The van der Waals surface area contributed by atoms with Crippen molar-refractivity contribution in [3.8, 4) is 0 Å². The van der Waals surface area contributed by atoms with Crippen molar-refractivity contribution < 1.29 is 14.7 Å². The molecule has 1 unspecified atom stereocenters. The smallest absolute Gasteiger partial charge is 0.328 e. The Morgan fingerprint density at radius 1 is 1.33 bits per heavy atom. The molecule has 0 saturated heterocycles. The third kappa shape index (κ3) is 6.75. The number of carboxylic acids is 1. The number of hydrogen-bond acceptors (Lipinski definition) is 2. The zero-order valence-electron chi connectivity index (χ0n) is 12.6. The van der Waals surface area contributed by atoms with Crippen LogP contribution in [-0.2, 0) is 9.59 Å². The number of carbonyl (C=O) groups is 2.